The van der Waals surface area contributed by atoms with Gasteiger partial charge in [0.05, 0.1) is 12.3 Å². The van der Waals surface area contributed by atoms with E-state index < -0.39 is 0 Å². The Morgan fingerprint density at radius 1 is 1.50 bits per heavy atom. The van der Waals surface area contributed by atoms with Gasteiger partial charge in [0, 0.05) is 23.2 Å². The van der Waals surface area contributed by atoms with Gasteiger partial charge in [-0.2, -0.15) is 0 Å². The molecule has 1 atom stereocenters. The van der Waals surface area contributed by atoms with Gasteiger partial charge in [-0.1, -0.05) is 21.1 Å². The molecule has 5 heteroatoms. The minimum atomic E-state index is 0.00695. The third-order valence-electron chi connectivity index (χ3n) is 3.22. The molecule has 1 heterocycles. The zero-order valence-corrected chi connectivity index (χ0v) is 12.2. The lowest BCUT2D eigenvalue weighted by atomic mass is 9.98. The van der Waals surface area contributed by atoms with Crippen LogP contribution in [0.3, 0.4) is 0 Å². The second-order valence-corrected chi connectivity index (χ2v) is 5.59. The van der Waals surface area contributed by atoms with Gasteiger partial charge in [-0.15, -0.1) is 0 Å². The first-order chi connectivity index (χ1) is 8.61. The number of rotatable bonds is 3. The summed E-state index contributed by atoms with van der Waals surface area (Å²) in [6.07, 6.45) is 2.55. The summed E-state index contributed by atoms with van der Waals surface area (Å²) >= 11 is 3.62. The largest absolute Gasteiger partial charge is 0.411 e. The molecular formula is C13H18BrN3O. The number of hydrogen-bond donors (Lipinski definition) is 2. The number of anilines is 1. The van der Waals surface area contributed by atoms with Crippen molar-refractivity contribution < 1.29 is 5.21 Å². The molecule has 1 aliphatic heterocycles. The van der Waals surface area contributed by atoms with Gasteiger partial charge >= 0.3 is 0 Å². The van der Waals surface area contributed by atoms with E-state index >= 15 is 0 Å². The highest BCUT2D eigenvalue weighted by molar-refractivity contribution is 9.10. The Balaban J connectivity index is 2.31. The predicted octanol–water partition coefficient (Wildman–Crippen LogP) is 2.70. The molecule has 0 fully saturated rings. The van der Waals surface area contributed by atoms with E-state index in [-0.39, 0.29) is 6.04 Å². The second-order valence-electron chi connectivity index (χ2n) is 4.74. The molecule has 0 saturated heterocycles. The summed E-state index contributed by atoms with van der Waals surface area (Å²) < 4.78 is 1.18. The fraction of sp³-hybridized carbons (Fsp3) is 0.462. The molecule has 1 unspecified atom stereocenters. The lowest BCUT2D eigenvalue weighted by Gasteiger charge is -2.28. The highest BCUT2D eigenvalue weighted by atomic mass is 79.9. The van der Waals surface area contributed by atoms with Crippen LogP contribution in [0.15, 0.2) is 21.8 Å². The third kappa shape index (κ3) is 2.84. The van der Waals surface area contributed by atoms with Crippen LogP contribution in [-0.2, 0) is 13.0 Å². The Kier molecular flexibility index (Phi) is 4.24. The Bertz CT molecular complexity index is 462. The molecule has 2 rings (SSSR count). The van der Waals surface area contributed by atoms with Gasteiger partial charge in [0.25, 0.3) is 0 Å². The quantitative estimate of drug-likeness (QED) is 0.512. The summed E-state index contributed by atoms with van der Waals surface area (Å²) in [5.41, 5.74) is 3.83. The highest BCUT2D eigenvalue weighted by Gasteiger charge is 2.19. The topological polar surface area (TPSA) is 47.9 Å². The smallest absolute Gasteiger partial charge is 0.0655 e. The number of benzene rings is 1. The molecule has 18 heavy (non-hydrogen) atoms. The van der Waals surface area contributed by atoms with Crippen molar-refractivity contribution >= 4 is 27.8 Å². The summed E-state index contributed by atoms with van der Waals surface area (Å²) in [7, 11) is 2.13. The maximum atomic E-state index is 8.55. The maximum absolute atomic E-state index is 8.55. The summed E-state index contributed by atoms with van der Waals surface area (Å²) in [5.74, 6) is 0. The van der Waals surface area contributed by atoms with Gasteiger partial charge in [0.1, 0.15) is 0 Å². The first kappa shape index (κ1) is 13.4. The van der Waals surface area contributed by atoms with Crippen molar-refractivity contribution in [1.82, 2.24) is 4.90 Å². The van der Waals surface area contributed by atoms with Crippen molar-refractivity contribution in [2.45, 2.75) is 25.9 Å². The number of halogens is 1. The molecule has 0 saturated carbocycles. The Labute approximate surface area is 116 Å². The van der Waals surface area contributed by atoms with Crippen LogP contribution in [0.1, 0.15) is 18.1 Å². The molecule has 0 aliphatic carbocycles. The normalized spacial score (nSPS) is 17.7. The fourth-order valence-corrected chi connectivity index (χ4v) is 2.85. The van der Waals surface area contributed by atoms with Gasteiger partial charge in [0.15, 0.2) is 0 Å². The van der Waals surface area contributed by atoms with E-state index in [2.05, 4.69) is 50.5 Å². The van der Waals surface area contributed by atoms with Crippen LogP contribution in [0, 0.1) is 0 Å². The van der Waals surface area contributed by atoms with Crippen molar-refractivity contribution in [3.05, 3.63) is 27.7 Å². The van der Waals surface area contributed by atoms with Crippen LogP contribution in [0.2, 0.25) is 0 Å². The molecular weight excluding hydrogens is 294 g/mol. The number of likely N-dealkylation sites (N-methyl/N-ethyl adjacent to an activating group) is 1. The minimum absolute atomic E-state index is 0.00695. The van der Waals surface area contributed by atoms with Crippen molar-refractivity contribution in [2.75, 3.05) is 18.9 Å². The molecule has 4 nitrogen and oxygen atoms in total. The monoisotopic (exact) mass is 311 g/mol. The van der Waals surface area contributed by atoms with Crippen LogP contribution < -0.4 is 5.32 Å². The molecule has 0 amide bonds. The number of oxime groups is 1. The van der Waals surface area contributed by atoms with Crippen molar-refractivity contribution in [2.24, 2.45) is 5.16 Å². The predicted molar refractivity (Wildman–Crippen MR) is 77.5 cm³/mol. The molecule has 0 bridgehead atoms. The molecule has 0 aromatic heterocycles. The van der Waals surface area contributed by atoms with E-state index in [1.165, 1.54) is 21.8 Å². The van der Waals surface area contributed by atoms with Crippen molar-refractivity contribution in [3.63, 3.8) is 0 Å². The number of fused-ring (bicyclic) bond motifs is 1. The average molecular weight is 312 g/mol. The Morgan fingerprint density at radius 2 is 2.28 bits per heavy atom. The Hall–Kier alpha value is -1.07. The summed E-state index contributed by atoms with van der Waals surface area (Å²) in [4.78, 5) is 2.31. The lowest BCUT2D eigenvalue weighted by molar-refractivity contribution is 0.313. The molecule has 1 aromatic rings. The number of nitrogens with one attached hydrogen (secondary N) is 1. The molecule has 0 spiro atoms. The summed E-state index contributed by atoms with van der Waals surface area (Å²) in [5, 5.41) is 15.0. The molecule has 0 radical (unpaired) electrons. The maximum Gasteiger partial charge on any atom is 0.0655 e. The third-order valence-corrected chi connectivity index (χ3v) is 3.96. The zero-order valence-electron chi connectivity index (χ0n) is 10.7. The highest BCUT2D eigenvalue weighted by Crippen LogP contribution is 2.32. The van der Waals surface area contributed by atoms with E-state index in [9.17, 15) is 0 Å². The first-order valence-electron chi connectivity index (χ1n) is 6.04. The summed E-state index contributed by atoms with van der Waals surface area (Å²) in [6, 6.07) is 4.16. The summed E-state index contributed by atoms with van der Waals surface area (Å²) in [6.45, 7) is 3.99. The minimum Gasteiger partial charge on any atom is -0.411 e. The van der Waals surface area contributed by atoms with Gasteiger partial charge in [-0.3, -0.25) is 0 Å². The molecule has 2 N–H and O–H groups in total. The van der Waals surface area contributed by atoms with E-state index in [0.717, 1.165) is 25.2 Å². The fourth-order valence-electron chi connectivity index (χ4n) is 2.28. The Morgan fingerprint density at radius 3 is 3.00 bits per heavy atom. The van der Waals surface area contributed by atoms with E-state index in [0.29, 0.717) is 0 Å². The molecule has 1 aromatic carbocycles. The van der Waals surface area contributed by atoms with Crippen molar-refractivity contribution in [1.29, 1.82) is 0 Å². The average Bonchev–Trinajstić information content (AvgIpc) is 2.33. The van der Waals surface area contributed by atoms with Crippen LogP contribution in [0.4, 0.5) is 5.69 Å². The van der Waals surface area contributed by atoms with Crippen LogP contribution >= 0.6 is 15.9 Å². The van der Waals surface area contributed by atoms with Gasteiger partial charge in [-0.05, 0) is 43.7 Å². The second kappa shape index (κ2) is 5.71. The van der Waals surface area contributed by atoms with E-state index in [1.54, 1.807) is 0 Å². The molecule has 1 aliphatic rings. The van der Waals surface area contributed by atoms with Gasteiger partial charge in [-0.25, -0.2) is 0 Å². The van der Waals surface area contributed by atoms with Crippen molar-refractivity contribution in [3.8, 4) is 0 Å². The SMILES string of the molecule is CC(/C=N/O)Nc1ccc(Br)c2c1CN(C)CC2. The van der Waals surface area contributed by atoms with Crippen LogP contribution in [0.25, 0.3) is 0 Å². The van der Waals surface area contributed by atoms with E-state index in [1.807, 2.05) is 6.92 Å². The number of nitrogens with zero attached hydrogens (tertiary/aromatic N) is 2. The first-order valence-corrected chi connectivity index (χ1v) is 6.84. The van der Waals surface area contributed by atoms with Gasteiger partial charge in [0.2, 0.25) is 0 Å². The van der Waals surface area contributed by atoms with Crippen LogP contribution in [-0.4, -0.2) is 36.0 Å². The van der Waals surface area contributed by atoms with Crippen LogP contribution in [0.5, 0.6) is 0 Å². The number of hydrogen-bond acceptors (Lipinski definition) is 4. The van der Waals surface area contributed by atoms with E-state index in [4.69, 9.17) is 5.21 Å². The molecule has 98 valence electrons. The standard InChI is InChI=1S/C13H18BrN3O/c1-9(7-15-18)16-13-4-3-12(14)10-5-6-17(2)8-11(10)13/h3-4,7,9,16,18H,5-6,8H2,1-2H3/b15-7+. The van der Waals surface area contributed by atoms with Gasteiger partial charge < -0.3 is 15.4 Å². The zero-order chi connectivity index (χ0) is 13.1. The lowest BCUT2D eigenvalue weighted by Crippen LogP contribution is -2.28.